The summed E-state index contributed by atoms with van der Waals surface area (Å²) >= 11 is 12.2. The first-order valence-electron chi connectivity index (χ1n) is 7.65. The van der Waals surface area contributed by atoms with Crippen LogP contribution < -0.4 is 5.32 Å². The Balaban J connectivity index is 1.70. The summed E-state index contributed by atoms with van der Waals surface area (Å²) in [5, 5.41) is 8.31. The Hall–Kier alpha value is -1.60. The highest BCUT2D eigenvalue weighted by Gasteiger charge is 2.16. The number of aromatic nitrogens is 2. The monoisotopic (exact) mass is 368 g/mol. The molecular formula is C16H18Cl2N4O2. The fraction of sp³-hybridized carbons (Fsp3) is 0.375. The molecule has 0 aliphatic carbocycles. The number of benzene rings is 1. The van der Waals surface area contributed by atoms with Gasteiger partial charge in [-0.1, -0.05) is 23.2 Å². The minimum Gasteiger partial charge on any atom is -0.379 e. The Morgan fingerprint density at radius 2 is 2.04 bits per heavy atom. The summed E-state index contributed by atoms with van der Waals surface area (Å²) in [4.78, 5) is 14.2. The van der Waals surface area contributed by atoms with Crippen molar-refractivity contribution in [1.29, 1.82) is 0 Å². The van der Waals surface area contributed by atoms with Crippen LogP contribution in [-0.2, 0) is 9.53 Å². The Labute approximate surface area is 150 Å². The van der Waals surface area contributed by atoms with Crippen LogP contribution in [0.3, 0.4) is 0 Å². The van der Waals surface area contributed by atoms with Gasteiger partial charge in [0.25, 0.3) is 0 Å². The van der Waals surface area contributed by atoms with E-state index in [1.54, 1.807) is 22.9 Å². The zero-order chi connectivity index (χ0) is 17.1. The molecule has 1 fully saturated rings. The van der Waals surface area contributed by atoms with E-state index in [1.807, 2.05) is 13.0 Å². The molecule has 1 N–H and O–H groups in total. The first-order valence-corrected chi connectivity index (χ1v) is 8.40. The lowest BCUT2D eigenvalue weighted by Crippen LogP contribution is -2.41. The Morgan fingerprint density at radius 1 is 1.29 bits per heavy atom. The highest BCUT2D eigenvalue weighted by Crippen LogP contribution is 2.26. The van der Waals surface area contributed by atoms with E-state index in [-0.39, 0.29) is 5.91 Å². The van der Waals surface area contributed by atoms with Gasteiger partial charge in [0.1, 0.15) is 0 Å². The van der Waals surface area contributed by atoms with Crippen molar-refractivity contribution in [2.75, 3.05) is 38.2 Å². The number of nitrogens with one attached hydrogen (secondary N) is 1. The molecule has 2 aromatic rings. The van der Waals surface area contributed by atoms with E-state index in [9.17, 15) is 4.79 Å². The largest absolute Gasteiger partial charge is 0.379 e. The summed E-state index contributed by atoms with van der Waals surface area (Å²) in [6, 6.07) is 7.02. The number of hydrogen-bond acceptors (Lipinski definition) is 4. The molecule has 1 aromatic heterocycles. The SMILES string of the molecule is Cc1cc(NC(=O)CN2CCOCC2)nn1-c1ccc(Cl)cc1Cl. The summed E-state index contributed by atoms with van der Waals surface area (Å²) in [6.45, 7) is 5.08. The third-order valence-electron chi connectivity index (χ3n) is 3.76. The smallest absolute Gasteiger partial charge is 0.239 e. The standard InChI is InChI=1S/C16H18Cl2N4O2/c1-11-8-15(19-16(23)10-21-4-6-24-7-5-21)20-22(11)14-3-2-12(17)9-13(14)18/h2-3,8-9H,4-7,10H2,1H3,(H,19,20,23). The van der Waals surface area contributed by atoms with Crippen molar-refractivity contribution in [2.45, 2.75) is 6.92 Å². The molecule has 0 bridgehead atoms. The molecule has 0 saturated carbocycles. The topological polar surface area (TPSA) is 59.4 Å². The number of anilines is 1. The van der Waals surface area contributed by atoms with Gasteiger partial charge in [-0.3, -0.25) is 9.69 Å². The van der Waals surface area contributed by atoms with Crippen molar-refractivity contribution in [3.8, 4) is 5.69 Å². The number of rotatable bonds is 4. The van der Waals surface area contributed by atoms with Gasteiger partial charge >= 0.3 is 0 Å². The lowest BCUT2D eigenvalue weighted by molar-refractivity contribution is -0.118. The average Bonchev–Trinajstić information content (AvgIpc) is 2.88. The number of amides is 1. The number of aryl methyl sites for hydroxylation is 1. The van der Waals surface area contributed by atoms with Crippen molar-refractivity contribution < 1.29 is 9.53 Å². The van der Waals surface area contributed by atoms with Crippen LogP contribution in [0, 0.1) is 6.92 Å². The summed E-state index contributed by atoms with van der Waals surface area (Å²) in [5.74, 6) is 0.403. The second kappa shape index (κ2) is 7.53. The van der Waals surface area contributed by atoms with Gasteiger partial charge in [0, 0.05) is 29.9 Å². The molecule has 0 spiro atoms. The van der Waals surface area contributed by atoms with E-state index in [4.69, 9.17) is 27.9 Å². The van der Waals surface area contributed by atoms with Crippen LogP contribution in [-0.4, -0.2) is 53.4 Å². The molecule has 1 aliphatic rings. The third kappa shape index (κ3) is 4.08. The number of morpholine rings is 1. The maximum Gasteiger partial charge on any atom is 0.239 e. The number of hydrogen-bond donors (Lipinski definition) is 1. The van der Waals surface area contributed by atoms with Gasteiger partial charge in [-0.15, -0.1) is 5.10 Å². The van der Waals surface area contributed by atoms with Crippen molar-refractivity contribution in [3.63, 3.8) is 0 Å². The second-order valence-corrected chi connectivity index (χ2v) is 6.46. The van der Waals surface area contributed by atoms with E-state index in [2.05, 4.69) is 15.3 Å². The van der Waals surface area contributed by atoms with Crippen LogP contribution in [0.5, 0.6) is 0 Å². The van der Waals surface area contributed by atoms with Gasteiger partial charge in [-0.2, -0.15) is 0 Å². The predicted molar refractivity (Wildman–Crippen MR) is 94.2 cm³/mol. The van der Waals surface area contributed by atoms with Crippen LogP contribution in [0.15, 0.2) is 24.3 Å². The average molecular weight is 369 g/mol. The van der Waals surface area contributed by atoms with Crippen molar-refractivity contribution >= 4 is 34.9 Å². The maximum absolute atomic E-state index is 12.2. The van der Waals surface area contributed by atoms with E-state index in [0.717, 1.165) is 18.8 Å². The van der Waals surface area contributed by atoms with Crippen LogP contribution in [0.25, 0.3) is 5.69 Å². The quantitative estimate of drug-likeness (QED) is 0.901. The molecule has 0 atom stereocenters. The summed E-state index contributed by atoms with van der Waals surface area (Å²) in [7, 11) is 0. The molecule has 24 heavy (non-hydrogen) atoms. The van der Waals surface area contributed by atoms with Gasteiger partial charge in [-0.05, 0) is 25.1 Å². The molecule has 2 heterocycles. The fourth-order valence-corrected chi connectivity index (χ4v) is 3.07. The fourth-order valence-electron chi connectivity index (χ4n) is 2.58. The number of ether oxygens (including phenoxy) is 1. The predicted octanol–water partition coefficient (Wildman–Crippen LogP) is 2.76. The zero-order valence-electron chi connectivity index (χ0n) is 13.3. The normalized spacial score (nSPS) is 15.5. The minimum atomic E-state index is -0.0937. The first-order chi connectivity index (χ1) is 11.5. The van der Waals surface area contributed by atoms with Gasteiger partial charge < -0.3 is 10.1 Å². The number of carbonyl (C=O) groups is 1. The Bertz CT molecular complexity index is 742. The minimum absolute atomic E-state index is 0.0937. The van der Waals surface area contributed by atoms with E-state index in [0.29, 0.717) is 41.3 Å². The van der Waals surface area contributed by atoms with Crippen molar-refractivity contribution in [2.24, 2.45) is 0 Å². The molecule has 1 amide bonds. The third-order valence-corrected chi connectivity index (χ3v) is 4.30. The lowest BCUT2D eigenvalue weighted by Gasteiger charge is -2.25. The van der Waals surface area contributed by atoms with E-state index in [1.165, 1.54) is 0 Å². The van der Waals surface area contributed by atoms with Crippen LogP contribution >= 0.6 is 23.2 Å². The number of halogens is 2. The molecule has 1 aliphatic heterocycles. The maximum atomic E-state index is 12.2. The van der Waals surface area contributed by atoms with Gasteiger partial charge in [0.15, 0.2) is 5.82 Å². The number of carbonyl (C=O) groups excluding carboxylic acids is 1. The molecule has 1 aromatic carbocycles. The lowest BCUT2D eigenvalue weighted by atomic mass is 10.3. The van der Waals surface area contributed by atoms with E-state index >= 15 is 0 Å². The second-order valence-electron chi connectivity index (χ2n) is 5.62. The van der Waals surface area contributed by atoms with Gasteiger partial charge in [0.2, 0.25) is 5.91 Å². The van der Waals surface area contributed by atoms with Crippen LogP contribution in [0.2, 0.25) is 10.0 Å². The molecule has 0 radical (unpaired) electrons. The Kier molecular flexibility index (Phi) is 5.40. The van der Waals surface area contributed by atoms with E-state index < -0.39 is 0 Å². The summed E-state index contributed by atoms with van der Waals surface area (Å²) in [6.07, 6.45) is 0. The van der Waals surface area contributed by atoms with Gasteiger partial charge in [-0.25, -0.2) is 4.68 Å². The van der Waals surface area contributed by atoms with Gasteiger partial charge in [0.05, 0.1) is 30.5 Å². The zero-order valence-corrected chi connectivity index (χ0v) is 14.8. The molecule has 128 valence electrons. The van der Waals surface area contributed by atoms with Crippen molar-refractivity contribution in [3.05, 3.63) is 40.0 Å². The first kappa shape index (κ1) is 17.2. The highest BCUT2D eigenvalue weighted by molar-refractivity contribution is 6.35. The Morgan fingerprint density at radius 3 is 2.75 bits per heavy atom. The van der Waals surface area contributed by atoms with Crippen molar-refractivity contribution in [1.82, 2.24) is 14.7 Å². The molecule has 6 nitrogen and oxygen atoms in total. The van der Waals surface area contributed by atoms with Crippen LogP contribution in [0.1, 0.15) is 5.69 Å². The van der Waals surface area contributed by atoms with Crippen LogP contribution in [0.4, 0.5) is 5.82 Å². The summed E-state index contributed by atoms with van der Waals surface area (Å²) < 4.78 is 6.96. The molecule has 3 rings (SSSR count). The summed E-state index contributed by atoms with van der Waals surface area (Å²) in [5.41, 5.74) is 1.58. The molecule has 8 heteroatoms. The number of nitrogens with zero attached hydrogens (tertiary/aromatic N) is 3. The molecule has 0 unspecified atom stereocenters. The molecular weight excluding hydrogens is 351 g/mol. The molecule has 1 saturated heterocycles. The highest BCUT2D eigenvalue weighted by atomic mass is 35.5.